The number of ether oxygens (including phenoxy) is 1. The number of hydrogen-bond donors (Lipinski definition) is 0. The van der Waals surface area contributed by atoms with E-state index >= 15 is 0 Å². The molecular weight excluding hydrogens is 354 g/mol. The molecule has 6 heteroatoms. The zero-order valence-corrected chi connectivity index (χ0v) is 17.1. The molecule has 1 aromatic heterocycles. The molecule has 0 aliphatic carbocycles. The highest BCUT2D eigenvalue weighted by molar-refractivity contribution is 5.93. The molecule has 1 aliphatic rings. The summed E-state index contributed by atoms with van der Waals surface area (Å²) in [5.74, 6) is -0.611. The van der Waals surface area contributed by atoms with Crippen LogP contribution in [0.25, 0.3) is 0 Å². The number of amides is 1. The molecule has 1 aromatic carbocycles. The highest BCUT2D eigenvalue weighted by atomic mass is 16.5. The van der Waals surface area contributed by atoms with Crippen molar-refractivity contribution in [1.82, 2.24) is 14.7 Å². The molecule has 1 aliphatic heterocycles. The molecule has 0 saturated carbocycles. The fourth-order valence-corrected chi connectivity index (χ4v) is 4.09. The van der Waals surface area contributed by atoms with Gasteiger partial charge in [0.25, 0.3) is 5.91 Å². The smallest absolute Gasteiger partial charge is 0.342 e. The van der Waals surface area contributed by atoms with Crippen molar-refractivity contribution in [2.45, 2.75) is 65.6 Å². The molecule has 2 atom stereocenters. The van der Waals surface area contributed by atoms with Crippen LogP contribution in [0.2, 0.25) is 0 Å². The van der Waals surface area contributed by atoms with E-state index in [1.807, 2.05) is 42.2 Å². The van der Waals surface area contributed by atoms with Crippen molar-refractivity contribution in [2.24, 2.45) is 0 Å². The Hall–Kier alpha value is -2.63. The number of benzene rings is 1. The lowest BCUT2D eigenvalue weighted by Gasteiger charge is -2.38. The number of nitrogens with zero attached hydrogens (tertiary/aromatic N) is 3. The third kappa shape index (κ3) is 4.26. The van der Waals surface area contributed by atoms with E-state index in [0.717, 1.165) is 30.5 Å². The van der Waals surface area contributed by atoms with Crippen LogP contribution in [-0.4, -0.2) is 45.2 Å². The summed E-state index contributed by atoms with van der Waals surface area (Å²) in [5, 5.41) is 4.49. The van der Waals surface area contributed by atoms with E-state index in [2.05, 4.69) is 18.9 Å². The monoisotopic (exact) mass is 383 g/mol. The molecule has 28 heavy (non-hydrogen) atoms. The lowest BCUT2D eigenvalue weighted by molar-refractivity contribution is -0.140. The van der Waals surface area contributed by atoms with Crippen LogP contribution in [0, 0.1) is 13.8 Å². The molecule has 0 radical (unpaired) electrons. The Balaban J connectivity index is 1.66. The molecule has 0 spiro atoms. The van der Waals surface area contributed by atoms with Crippen LogP contribution in [0.15, 0.2) is 30.3 Å². The molecular formula is C22H29N3O3. The van der Waals surface area contributed by atoms with Crippen LogP contribution in [0.4, 0.5) is 0 Å². The summed E-state index contributed by atoms with van der Waals surface area (Å²) in [7, 11) is 0. The lowest BCUT2D eigenvalue weighted by atomic mass is 9.97. The Kier molecular flexibility index (Phi) is 6.17. The molecule has 1 amide bonds. The van der Waals surface area contributed by atoms with Crippen molar-refractivity contribution < 1.29 is 14.3 Å². The molecule has 6 nitrogen and oxygen atoms in total. The third-order valence-corrected chi connectivity index (χ3v) is 5.57. The van der Waals surface area contributed by atoms with Crippen LogP contribution >= 0.6 is 0 Å². The third-order valence-electron chi connectivity index (χ3n) is 5.57. The second kappa shape index (κ2) is 8.59. The van der Waals surface area contributed by atoms with Gasteiger partial charge in [0, 0.05) is 12.1 Å². The average Bonchev–Trinajstić information content (AvgIpc) is 2.94. The Morgan fingerprint density at radius 2 is 1.75 bits per heavy atom. The van der Waals surface area contributed by atoms with Gasteiger partial charge in [-0.2, -0.15) is 5.10 Å². The number of carbonyl (C=O) groups excluding carboxylic acids is 2. The fourth-order valence-electron chi connectivity index (χ4n) is 4.09. The second-order valence-electron chi connectivity index (χ2n) is 7.70. The summed E-state index contributed by atoms with van der Waals surface area (Å²) >= 11 is 0. The first-order valence-corrected chi connectivity index (χ1v) is 9.94. The summed E-state index contributed by atoms with van der Waals surface area (Å²) in [6.07, 6.45) is 3.12. The molecule has 2 unspecified atom stereocenters. The van der Waals surface area contributed by atoms with Gasteiger partial charge in [-0.05, 0) is 52.5 Å². The Labute approximate surface area is 166 Å². The van der Waals surface area contributed by atoms with Gasteiger partial charge in [0.1, 0.15) is 5.56 Å². The maximum Gasteiger partial charge on any atom is 0.342 e. The van der Waals surface area contributed by atoms with E-state index in [0.29, 0.717) is 17.8 Å². The summed E-state index contributed by atoms with van der Waals surface area (Å²) in [6.45, 7) is 8.12. The van der Waals surface area contributed by atoms with Crippen molar-refractivity contribution in [2.75, 3.05) is 6.61 Å². The van der Waals surface area contributed by atoms with Crippen LogP contribution < -0.4 is 0 Å². The summed E-state index contributed by atoms with van der Waals surface area (Å²) < 4.78 is 7.18. The second-order valence-corrected chi connectivity index (χ2v) is 7.70. The van der Waals surface area contributed by atoms with Crippen molar-refractivity contribution >= 4 is 11.9 Å². The van der Waals surface area contributed by atoms with Gasteiger partial charge < -0.3 is 9.64 Å². The van der Waals surface area contributed by atoms with Gasteiger partial charge in [0.05, 0.1) is 17.9 Å². The molecule has 3 rings (SSSR count). The number of likely N-dealkylation sites (tertiary alicyclic amines) is 1. The minimum absolute atomic E-state index is 0.125. The first-order valence-electron chi connectivity index (χ1n) is 9.94. The predicted octanol–water partition coefficient (Wildman–Crippen LogP) is 3.49. The topological polar surface area (TPSA) is 64.4 Å². The minimum Gasteiger partial charge on any atom is -0.452 e. The number of hydrogen-bond acceptors (Lipinski definition) is 4. The number of rotatable bonds is 5. The van der Waals surface area contributed by atoms with Gasteiger partial charge in [-0.3, -0.25) is 9.48 Å². The maximum absolute atomic E-state index is 12.7. The van der Waals surface area contributed by atoms with E-state index in [1.54, 1.807) is 11.6 Å². The number of aromatic nitrogens is 2. The number of piperidine rings is 1. The van der Waals surface area contributed by atoms with Crippen LogP contribution in [0.1, 0.15) is 60.4 Å². The molecule has 2 aromatic rings. The van der Waals surface area contributed by atoms with Crippen LogP contribution in [0.5, 0.6) is 0 Å². The van der Waals surface area contributed by atoms with Crippen molar-refractivity contribution in [1.29, 1.82) is 0 Å². The van der Waals surface area contributed by atoms with Crippen LogP contribution in [0.3, 0.4) is 0 Å². The van der Waals surface area contributed by atoms with E-state index in [-0.39, 0.29) is 24.6 Å². The molecule has 2 heterocycles. The number of esters is 1. The predicted molar refractivity (Wildman–Crippen MR) is 107 cm³/mol. The first-order chi connectivity index (χ1) is 13.4. The van der Waals surface area contributed by atoms with Gasteiger partial charge in [-0.15, -0.1) is 0 Å². The van der Waals surface area contributed by atoms with Crippen molar-refractivity contribution in [3.8, 4) is 0 Å². The van der Waals surface area contributed by atoms with Gasteiger partial charge in [0.2, 0.25) is 0 Å². The molecule has 0 bridgehead atoms. The first kappa shape index (κ1) is 20.1. The van der Waals surface area contributed by atoms with E-state index in [4.69, 9.17) is 4.74 Å². The maximum atomic E-state index is 12.7. The van der Waals surface area contributed by atoms with Gasteiger partial charge >= 0.3 is 5.97 Å². The van der Waals surface area contributed by atoms with Gasteiger partial charge in [0.15, 0.2) is 6.61 Å². The quantitative estimate of drug-likeness (QED) is 0.742. The van der Waals surface area contributed by atoms with Crippen molar-refractivity contribution in [3.63, 3.8) is 0 Å². The summed E-state index contributed by atoms with van der Waals surface area (Å²) in [5.41, 5.74) is 2.92. The van der Waals surface area contributed by atoms with Crippen LogP contribution in [-0.2, 0) is 16.1 Å². The number of carbonyl (C=O) groups is 2. The minimum atomic E-state index is -0.486. The molecule has 1 saturated heterocycles. The zero-order valence-electron chi connectivity index (χ0n) is 17.1. The molecule has 150 valence electrons. The normalized spacial score (nSPS) is 19.5. The SMILES string of the molecule is Cc1nn(Cc2ccccc2)c(C)c1C(=O)OCC(=O)N1C(C)CCCC1C. The standard InChI is InChI=1S/C22H29N3O3/c1-15-9-8-10-16(2)25(15)20(26)14-28-22(27)21-17(3)23-24(18(21)4)13-19-11-6-5-7-12-19/h5-7,11-12,15-16H,8-10,13-14H2,1-4H3. The van der Waals surface area contributed by atoms with E-state index in [1.165, 1.54) is 0 Å². The van der Waals surface area contributed by atoms with Crippen molar-refractivity contribution in [3.05, 3.63) is 52.8 Å². The fraction of sp³-hybridized carbons (Fsp3) is 0.500. The van der Waals surface area contributed by atoms with E-state index in [9.17, 15) is 9.59 Å². The summed E-state index contributed by atoms with van der Waals surface area (Å²) in [4.78, 5) is 27.1. The van der Waals surface area contributed by atoms with Gasteiger partial charge in [-0.1, -0.05) is 30.3 Å². The largest absolute Gasteiger partial charge is 0.452 e. The average molecular weight is 383 g/mol. The molecule has 1 fully saturated rings. The van der Waals surface area contributed by atoms with E-state index < -0.39 is 5.97 Å². The highest BCUT2D eigenvalue weighted by Crippen LogP contribution is 2.23. The molecule has 0 N–H and O–H groups in total. The Morgan fingerprint density at radius 3 is 2.39 bits per heavy atom. The van der Waals surface area contributed by atoms with Gasteiger partial charge in [-0.25, -0.2) is 4.79 Å². The summed E-state index contributed by atoms with van der Waals surface area (Å²) in [6, 6.07) is 10.3. The lowest BCUT2D eigenvalue weighted by Crippen LogP contribution is -2.49. The number of aryl methyl sites for hydroxylation is 1. The Bertz CT molecular complexity index is 834. The highest BCUT2D eigenvalue weighted by Gasteiger charge is 2.30. The Morgan fingerprint density at radius 1 is 1.11 bits per heavy atom. The zero-order chi connectivity index (χ0) is 20.3.